The molecule has 1 aromatic heterocycles. The summed E-state index contributed by atoms with van der Waals surface area (Å²) in [7, 11) is 0. The van der Waals surface area contributed by atoms with Gasteiger partial charge in [-0.15, -0.1) is 5.10 Å². The van der Waals surface area contributed by atoms with E-state index in [0.29, 0.717) is 41.3 Å². The van der Waals surface area contributed by atoms with E-state index in [-0.39, 0.29) is 23.7 Å². The number of carbonyl (C=O) groups excluding carboxylic acids is 1. The van der Waals surface area contributed by atoms with Crippen LogP contribution in [0.3, 0.4) is 0 Å². The molecule has 0 radical (unpaired) electrons. The number of ether oxygens (including phenoxy) is 3. The van der Waals surface area contributed by atoms with Crippen molar-refractivity contribution in [3.05, 3.63) is 46.6 Å². The number of halogens is 1. The van der Waals surface area contributed by atoms with E-state index in [1.165, 1.54) is 0 Å². The van der Waals surface area contributed by atoms with Crippen LogP contribution in [-0.4, -0.2) is 41.2 Å². The van der Waals surface area contributed by atoms with Crippen LogP contribution in [0.15, 0.2) is 30.3 Å². The van der Waals surface area contributed by atoms with Gasteiger partial charge in [0, 0.05) is 30.7 Å². The number of nitriles is 1. The Morgan fingerprint density at radius 2 is 1.80 bits per heavy atom. The van der Waals surface area contributed by atoms with Gasteiger partial charge in [-0.25, -0.2) is 0 Å². The Bertz CT molecular complexity index is 1080. The fourth-order valence-electron chi connectivity index (χ4n) is 5.29. The lowest BCUT2D eigenvalue weighted by Gasteiger charge is -2.34. The molecular formula is C26H29ClN4O4. The summed E-state index contributed by atoms with van der Waals surface area (Å²) in [5.41, 5.74) is 1.38. The van der Waals surface area contributed by atoms with E-state index in [1.807, 2.05) is 18.2 Å². The highest BCUT2D eigenvalue weighted by Gasteiger charge is 2.41. The highest BCUT2D eigenvalue weighted by molar-refractivity contribution is 6.31. The molecule has 9 heteroatoms. The van der Waals surface area contributed by atoms with Gasteiger partial charge in [-0.3, -0.25) is 4.79 Å². The molecular weight excluding hydrogens is 468 g/mol. The standard InChI is InChI=1S/C26H29ClN4O4/c27-22-15-21(6-3-19(22)16-28)35-20-4-1-18(2-5-20)25(32)29-24-8-7-23(30-31-24)17-9-11-26(12-10-17)33-13-14-34-26/h3,6-8,15,17-18,20H,1-2,4-5,9-14H2,(H,29,31,32). The van der Waals surface area contributed by atoms with E-state index in [4.69, 9.17) is 31.1 Å². The van der Waals surface area contributed by atoms with E-state index < -0.39 is 0 Å². The molecule has 184 valence electrons. The maximum atomic E-state index is 12.8. The summed E-state index contributed by atoms with van der Waals surface area (Å²) >= 11 is 6.09. The topological polar surface area (TPSA) is 106 Å². The van der Waals surface area contributed by atoms with Crippen LogP contribution in [0.4, 0.5) is 5.82 Å². The van der Waals surface area contributed by atoms with Gasteiger partial charge in [-0.05, 0) is 62.8 Å². The Hall–Kier alpha value is -2.73. The molecule has 5 rings (SSSR count). The number of amides is 1. The third-order valence-electron chi connectivity index (χ3n) is 7.32. The molecule has 0 unspecified atom stereocenters. The molecule has 0 atom stereocenters. The second-order valence-corrected chi connectivity index (χ2v) is 9.97. The fraction of sp³-hybridized carbons (Fsp3) is 0.538. The van der Waals surface area contributed by atoms with E-state index in [1.54, 1.807) is 18.2 Å². The molecule has 3 fully saturated rings. The minimum absolute atomic E-state index is 0.0248. The van der Waals surface area contributed by atoms with Crippen molar-refractivity contribution in [3.63, 3.8) is 0 Å². The normalized spacial score (nSPS) is 24.1. The maximum absolute atomic E-state index is 12.8. The number of hydrogen-bond donors (Lipinski definition) is 1. The van der Waals surface area contributed by atoms with Gasteiger partial charge in [-0.1, -0.05) is 11.6 Å². The van der Waals surface area contributed by atoms with Gasteiger partial charge >= 0.3 is 0 Å². The predicted molar refractivity (Wildman–Crippen MR) is 129 cm³/mol. The first-order chi connectivity index (χ1) is 17.0. The molecule has 3 aliphatic rings. The second kappa shape index (κ2) is 10.5. The number of rotatable bonds is 5. The van der Waals surface area contributed by atoms with Crippen molar-refractivity contribution < 1.29 is 19.0 Å². The number of hydrogen-bond acceptors (Lipinski definition) is 7. The Balaban J connectivity index is 1.08. The first-order valence-corrected chi connectivity index (χ1v) is 12.7. The Morgan fingerprint density at radius 1 is 1.06 bits per heavy atom. The van der Waals surface area contributed by atoms with E-state index in [0.717, 1.165) is 57.1 Å². The number of carbonyl (C=O) groups is 1. The molecule has 0 bridgehead atoms. The van der Waals surface area contributed by atoms with Gasteiger partial charge in [0.2, 0.25) is 5.91 Å². The monoisotopic (exact) mass is 496 g/mol. The first-order valence-electron chi connectivity index (χ1n) is 12.3. The Morgan fingerprint density at radius 3 is 2.43 bits per heavy atom. The van der Waals surface area contributed by atoms with Crippen molar-refractivity contribution in [1.82, 2.24) is 10.2 Å². The fourth-order valence-corrected chi connectivity index (χ4v) is 5.50. The van der Waals surface area contributed by atoms with Crippen molar-refractivity contribution in [3.8, 4) is 11.8 Å². The lowest BCUT2D eigenvalue weighted by molar-refractivity contribution is -0.179. The van der Waals surface area contributed by atoms with Gasteiger partial charge in [-0.2, -0.15) is 10.4 Å². The maximum Gasteiger partial charge on any atom is 0.228 e. The second-order valence-electron chi connectivity index (χ2n) is 9.56. The van der Waals surface area contributed by atoms with E-state index in [9.17, 15) is 4.79 Å². The predicted octanol–water partition coefficient (Wildman–Crippen LogP) is 4.98. The highest BCUT2D eigenvalue weighted by Crippen LogP contribution is 2.41. The average Bonchev–Trinajstić information content (AvgIpc) is 3.33. The molecule has 2 aromatic rings. The SMILES string of the molecule is N#Cc1ccc(OC2CCC(C(=O)Nc3ccc(C4CCC5(CC4)OCCO5)nn3)CC2)cc1Cl. The molecule has 1 spiro atoms. The third kappa shape index (κ3) is 5.58. The van der Waals surface area contributed by atoms with Gasteiger partial charge in [0.05, 0.1) is 35.6 Å². The lowest BCUT2D eigenvalue weighted by atomic mass is 9.83. The van der Waals surface area contributed by atoms with Crippen molar-refractivity contribution in [2.75, 3.05) is 18.5 Å². The van der Waals surface area contributed by atoms with Crippen molar-refractivity contribution in [1.29, 1.82) is 5.26 Å². The van der Waals surface area contributed by atoms with Gasteiger partial charge in [0.15, 0.2) is 11.6 Å². The van der Waals surface area contributed by atoms with Gasteiger partial charge in [0.25, 0.3) is 0 Å². The molecule has 1 aromatic carbocycles. The summed E-state index contributed by atoms with van der Waals surface area (Å²) in [6.45, 7) is 1.36. The zero-order valence-corrected chi connectivity index (χ0v) is 20.3. The number of benzene rings is 1. The minimum atomic E-state index is -0.378. The largest absolute Gasteiger partial charge is 0.490 e. The molecule has 1 amide bonds. The van der Waals surface area contributed by atoms with Crippen LogP contribution in [0.2, 0.25) is 5.02 Å². The molecule has 1 aliphatic heterocycles. The van der Waals surface area contributed by atoms with Crippen LogP contribution in [-0.2, 0) is 14.3 Å². The molecule has 2 heterocycles. The first kappa shape index (κ1) is 24.0. The van der Waals surface area contributed by atoms with E-state index >= 15 is 0 Å². The zero-order chi connectivity index (χ0) is 24.3. The summed E-state index contributed by atoms with van der Waals surface area (Å²) in [4.78, 5) is 12.8. The smallest absolute Gasteiger partial charge is 0.228 e. The third-order valence-corrected chi connectivity index (χ3v) is 7.64. The van der Waals surface area contributed by atoms with Gasteiger partial charge in [0.1, 0.15) is 11.8 Å². The van der Waals surface area contributed by atoms with Crippen LogP contribution < -0.4 is 10.1 Å². The number of anilines is 1. The summed E-state index contributed by atoms with van der Waals surface area (Å²) < 4.78 is 17.6. The lowest BCUT2D eigenvalue weighted by Crippen LogP contribution is -2.34. The summed E-state index contributed by atoms with van der Waals surface area (Å²) in [5.74, 6) is 0.986. The van der Waals surface area contributed by atoms with Crippen LogP contribution in [0, 0.1) is 17.2 Å². The van der Waals surface area contributed by atoms with Crippen LogP contribution in [0.1, 0.15) is 68.5 Å². The van der Waals surface area contributed by atoms with Crippen molar-refractivity contribution in [2.24, 2.45) is 5.92 Å². The van der Waals surface area contributed by atoms with Gasteiger partial charge < -0.3 is 19.5 Å². The Labute approximate surface area is 209 Å². The quantitative estimate of drug-likeness (QED) is 0.622. The Kier molecular flexibility index (Phi) is 7.19. The zero-order valence-electron chi connectivity index (χ0n) is 19.5. The molecule has 8 nitrogen and oxygen atoms in total. The van der Waals surface area contributed by atoms with Crippen LogP contribution >= 0.6 is 11.6 Å². The number of nitrogens with zero attached hydrogens (tertiary/aromatic N) is 3. The number of aromatic nitrogens is 2. The average molecular weight is 497 g/mol. The minimum Gasteiger partial charge on any atom is -0.490 e. The van der Waals surface area contributed by atoms with Crippen molar-refractivity contribution >= 4 is 23.3 Å². The highest BCUT2D eigenvalue weighted by atomic mass is 35.5. The van der Waals surface area contributed by atoms with Crippen LogP contribution in [0.5, 0.6) is 5.75 Å². The summed E-state index contributed by atoms with van der Waals surface area (Å²) in [5, 5.41) is 21.0. The summed E-state index contributed by atoms with van der Waals surface area (Å²) in [6.07, 6.45) is 6.72. The van der Waals surface area contributed by atoms with Crippen molar-refractivity contribution in [2.45, 2.75) is 69.2 Å². The summed E-state index contributed by atoms with van der Waals surface area (Å²) in [6, 6.07) is 10.9. The van der Waals surface area contributed by atoms with E-state index in [2.05, 4.69) is 15.5 Å². The molecule has 35 heavy (non-hydrogen) atoms. The number of nitrogens with one attached hydrogen (secondary N) is 1. The molecule has 1 saturated heterocycles. The molecule has 2 saturated carbocycles. The molecule has 1 N–H and O–H groups in total. The van der Waals surface area contributed by atoms with Crippen LogP contribution in [0.25, 0.3) is 0 Å². The molecule has 2 aliphatic carbocycles.